The molecule has 2 unspecified atom stereocenters. The Hall–Kier alpha value is -2.26. The van der Waals surface area contributed by atoms with Gasteiger partial charge in [0.25, 0.3) is 0 Å². The Morgan fingerprint density at radius 1 is 1.33 bits per heavy atom. The maximum Gasteiger partial charge on any atom is 0.241 e. The normalized spacial score (nSPS) is 22.5. The number of rotatable bonds is 3. The molecule has 9 heteroatoms. The summed E-state index contributed by atoms with van der Waals surface area (Å²) >= 11 is 0. The Bertz CT molecular complexity index is 604. The van der Waals surface area contributed by atoms with Crippen molar-refractivity contribution in [2.75, 3.05) is 30.3 Å². The van der Waals surface area contributed by atoms with Gasteiger partial charge in [0, 0.05) is 25.5 Å². The molecule has 3 N–H and O–H groups in total. The number of nitrogen functional groups attached to an aromatic ring is 1. The number of anilines is 2. The van der Waals surface area contributed by atoms with Gasteiger partial charge in [-0.1, -0.05) is 0 Å². The van der Waals surface area contributed by atoms with E-state index in [1.165, 1.54) is 0 Å². The van der Waals surface area contributed by atoms with Gasteiger partial charge in [-0.3, -0.25) is 4.57 Å². The molecule has 9 nitrogen and oxygen atoms in total. The van der Waals surface area contributed by atoms with Crippen LogP contribution in [-0.2, 0) is 4.74 Å². The van der Waals surface area contributed by atoms with Crippen molar-refractivity contribution in [3.05, 3.63) is 18.7 Å². The fourth-order valence-corrected chi connectivity index (χ4v) is 2.31. The number of hydrogen-bond acceptors (Lipinski definition) is 8. The van der Waals surface area contributed by atoms with Gasteiger partial charge in [-0.25, -0.2) is 4.98 Å². The summed E-state index contributed by atoms with van der Waals surface area (Å²) in [5.41, 5.74) is 5.77. The van der Waals surface area contributed by atoms with E-state index in [0.29, 0.717) is 25.0 Å². The fourth-order valence-electron chi connectivity index (χ4n) is 2.31. The highest BCUT2D eigenvalue weighted by Gasteiger charge is 2.27. The van der Waals surface area contributed by atoms with E-state index in [1.54, 1.807) is 23.3 Å². The summed E-state index contributed by atoms with van der Waals surface area (Å²) in [6.45, 7) is 3.03. The maximum atomic E-state index is 9.29. The largest absolute Gasteiger partial charge is 0.394 e. The summed E-state index contributed by atoms with van der Waals surface area (Å²) in [5, 5.41) is 9.29. The Morgan fingerprint density at radius 3 is 2.86 bits per heavy atom. The second kappa shape index (κ2) is 5.62. The highest BCUT2D eigenvalue weighted by atomic mass is 16.5. The van der Waals surface area contributed by atoms with E-state index in [2.05, 4.69) is 19.9 Å². The monoisotopic (exact) mass is 291 g/mol. The van der Waals surface area contributed by atoms with E-state index in [0.717, 1.165) is 0 Å². The summed E-state index contributed by atoms with van der Waals surface area (Å²) in [7, 11) is 0. The number of hydrogen-bond donors (Lipinski definition) is 2. The minimum absolute atomic E-state index is 0.0226. The van der Waals surface area contributed by atoms with Crippen molar-refractivity contribution in [1.82, 2.24) is 24.5 Å². The molecule has 0 radical (unpaired) electrons. The molecular formula is C12H17N7O2. The van der Waals surface area contributed by atoms with E-state index in [1.807, 2.05) is 11.8 Å². The highest BCUT2D eigenvalue weighted by molar-refractivity contribution is 5.38. The predicted octanol–water partition coefficient (Wildman–Crippen LogP) is -0.774. The third-order valence-electron chi connectivity index (χ3n) is 3.18. The molecule has 3 rings (SSSR count). The quantitative estimate of drug-likeness (QED) is 0.757. The number of imidazole rings is 1. The summed E-state index contributed by atoms with van der Waals surface area (Å²) in [5.74, 6) is 1.03. The van der Waals surface area contributed by atoms with Crippen molar-refractivity contribution < 1.29 is 9.84 Å². The number of morpholine rings is 1. The molecule has 2 aromatic heterocycles. The van der Waals surface area contributed by atoms with Gasteiger partial charge in [0.15, 0.2) is 0 Å². The van der Waals surface area contributed by atoms with Crippen LogP contribution in [-0.4, -0.2) is 61.5 Å². The first-order valence-corrected chi connectivity index (χ1v) is 6.67. The molecule has 3 heterocycles. The zero-order valence-electron chi connectivity index (χ0n) is 11.6. The molecule has 1 saturated heterocycles. The SMILES string of the molecule is CC1CN(c2nc(N)nc(-n3ccnc3)n2)CC(CO)O1. The standard InChI is InChI=1S/C12H17N7O2/c1-8-4-19(5-9(6-20)21-8)12-16-10(13)15-11(17-12)18-3-2-14-7-18/h2-3,7-9,20H,4-6H2,1H3,(H2,13,15,16,17). The molecule has 112 valence electrons. The second-order valence-electron chi connectivity index (χ2n) is 4.92. The van der Waals surface area contributed by atoms with E-state index >= 15 is 0 Å². The summed E-state index contributed by atoms with van der Waals surface area (Å²) < 4.78 is 7.27. The predicted molar refractivity (Wildman–Crippen MR) is 75.0 cm³/mol. The van der Waals surface area contributed by atoms with Crippen molar-refractivity contribution in [3.8, 4) is 5.95 Å². The van der Waals surface area contributed by atoms with Crippen molar-refractivity contribution in [3.63, 3.8) is 0 Å². The van der Waals surface area contributed by atoms with E-state index in [9.17, 15) is 5.11 Å². The first-order valence-electron chi connectivity index (χ1n) is 6.67. The second-order valence-corrected chi connectivity index (χ2v) is 4.92. The van der Waals surface area contributed by atoms with E-state index in [-0.39, 0.29) is 24.8 Å². The summed E-state index contributed by atoms with van der Waals surface area (Å²) in [4.78, 5) is 18.6. The third-order valence-corrected chi connectivity index (χ3v) is 3.18. The van der Waals surface area contributed by atoms with Crippen molar-refractivity contribution in [2.24, 2.45) is 0 Å². The molecule has 21 heavy (non-hydrogen) atoms. The van der Waals surface area contributed by atoms with Crippen LogP contribution in [0.5, 0.6) is 0 Å². The first kappa shape index (κ1) is 13.7. The number of ether oxygens (including phenoxy) is 1. The molecule has 0 amide bonds. The van der Waals surface area contributed by atoms with Gasteiger partial charge in [-0.2, -0.15) is 15.0 Å². The topological polar surface area (TPSA) is 115 Å². The van der Waals surface area contributed by atoms with Crippen LogP contribution >= 0.6 is 0 Å². The lowest BCUT2D eigenvalue weighted by Crippen LogP contribution is -2.48. The van der Waals surface area contributed by atoms with Gasteiger partial charge in [0.05, 0.1) is 18.8 Å². The number of aliphatic hydroxyl groups excluding tert-OH is 1. The van der Waals surface area contributed by atoms with Gasteiger partial charge in [-0.15, -0.1) is 0 Å². The van der Waals surface area contributed by atoms with Crippen LogP contribution in [0.2, 0.25) is 0 Å². The molecule has 1 aliphatic rings. The molecule has 0 bridgehead atoms. The molecule has 1 fully saturated rings. The van der Waals surface area contributed by atoms with Crippen molar-refractivity contribution >= 4 is 11.9 Å². The molecule has 1 aliphatic heterocycles. The highest BCUT2D eigenvalue weighted by Crippen LogP contribution is 2.18. The molecule has 2 atom stereocenters. The average molecular weight is 291 g/mol. The minimum atomic E-state index is -0.261. The Balaban J connectivity index is 1.91. The molecule has 0 spiro atoms. The molecule has 0 saturated carbocycles. The Kier molecular flexibility index (Phi) is 3.67. The van der Waals surface area contributed by atoms with E-state index < -0.39 is 0 Å². The van der Waals surface area contributed by atoms with Gasteiger partial charge >= 0.3 is 0 Å². The Morgan fingerprint density at radius 2 is 2.14 bits per heavy atom. The van der Waals surface area contributed by atoms with Gasteiger partial charge in [-0.05, 0) is 6.92 Å². The van der Waals surface area contributed by atoms with Crippen LogP contribution in [0, 0.1) is 0 Å². The van der Waals surface area contributed by atoms with Crippen molar-refractivity contribution in [1.29, 1.82) is 0 Å². The molecular weight excluding hydrogens is 274 g/mol. The van der Waals surface area contributed by atoms with Crippen LogP contribution < -0.4 is 10.6 Å². The van der Waals surface area contributed by atoms with Crippen LogP contribution in [0.4, 0.5) is 11.9 Å². The van der Waals surface area contributed by atoms with Gasteiger partial charge < -0.3 is 20.5 Å². The average Bonchev–Trinajstić information content (AvgIpc) is 3.00. The summed E-state index contributed by atoms with van der Waals surface area (Å²) in [6.07, 6.45) is 4.68. The third kappa shape index (κ3) is 2.93. The number of aliphatic hydroxyl groups is 1. The van der Waals surface area contributed by atoms with Crippen LogP contribution in [0.15, 0.2) is 18.7 Å². The number of aromatic nitrogens is 5. The smallest absolute Gasteiger partial charge is 0.241 e. The molecule has 2 aromatic rings. The van der Waals surface area contributed by atoms with Gasteiger partial charge in [0.2, 0.25) is 17.8 Å². The fraction of sp³-hybridized carbons (Fsp3) is 0.500. The van der Waals surface area contributed by atoms with Crippen LogP contribution in [0.25, 0.3) is 5.95 Å². The Labute approximate surface area is 121 Å². The molecule has 0 aromatic carbocycles. The van der Waals surface area contributed by atoms with Crippen LogP contribution in [0.1, 0.15) is 6.92 Å². The number of nitrogens with zero attached hydrogens (tertiary/aromatic N) is 6. The lowest BCUT2D eigenvalue weighted by molar-refractivity contribution is -0.0425. The van der Waals surface area contributed by atoms with E-state index in [4.69, 9.17) is 10.5 Å². The van der Waals surface area contributed by atoms with Crippen molar-refractivity contribution in [2.45, 2.75) is 19.1 Å². The lowest BCUT2D eigenvalue weighted by atomic mass is 10.2. The minimum Gasteiger partial charge on any atom is -0.394 e. The first-order chi connectivity index (χ1) is 10.2. The molecule has 0 aliphatic carbocycles. The zero-order chi connectivity index (χ0) is 14.8. The maximum absolute atomic E-state index is 9.29. The lowest BCUT2D eigenvalue weighted by Gasteiger charge is -2.36. The number of nitrogens with two attached hydrogens (primary N) is 1. The zero-order valence-corrected chi connectivity index (χ0v) is 11.6. The van der Waals surface area contributed by atoms with Gasteiger partial charge in [0.1, 0.15) is 6.33 Å². The summed E-state index contributed by atoms with van der Waals surface area (Å²) in [6, 6.07) is 0. The van der Waals surface area contributed by atoms with Crippen LogP contribution in [0.3, 0.4) is 0 Å².